The van der Waals surface area contributed by atoms with Crippen molar-refractivity contribution in [3.8, 4) is 0 Å². The maximum Gasteiger partial charge on any atom is 0.0525 e. The largest absolute Gasteiger partial charge is 0.396 e. The highest BCUT2D eigenvalue weighted by Crippen LogP contribution is 2.25. The molecule has 1 nitrogen and oxygen atoms in total. The monoisotopic (exact) mass is 182 g/mol. The van der Waals surface area contributed by atoms with E-state index >= 15 is 0 Å². The number of hydrogen-bond acceptors (Lipinski definition) is 2. The number of rotatable bonds is 3. The van der Waals surface area contributed by atoms with Gasteiger partial charge in [-0.15, -0.1) is 11.8 Å². The minimum Gasteiger partial charge on any atom is -0.396 e. The molecule has 12 heavy (non-hydrogen) atoms. The van der Waals surface area contributed by atoms with E-state index in [4.69, 9.17) is 5.11 Å². The van der Waals surface area contributed by atoms with Crippen LogP contribution in [0.5, 0.6) is 0 Å². The van der Waals surface area contributed by atoms with Crippen molar-refractivity contribution in [2.45, 2.75) is 18.7 Å². The molecule has 0 saturated heterocycles. The van der Waals surface area contributed by atoms with Crippen LogP contribution in [-0.2, 0) is 0 Å². The lowest BCUT2D eigenvalue weighted by Gasteiger charge is -2.07. The predicted octanol–water partition coefficient (Wildman–Crippen LogP) is 2.39. The van der Waals surface area contributed by atoms with Gasteiger partial charge in [-0.2, -0.15) is 0 Å². The molecule has 0 heterocycles. The molecule has 0 aromatic heterocycles. The number of aliphatic hydroxyl groups is 1. The molecular formula is C10H14OS. The van der Waals surface area contributed by atoms with Crippen LogP contribution >= 0.6 is 11.8 Å². The minimum absolute atomic E-state index is 0.248. The summed E-state index contributed by atoms with van der Waals surface area (Å²) >= 11 is 1.72. The van der Waals surface area contributed by atoms with Crippen LogP contribution in [0.15, 0.2) is 23.1 Å². The molecule has 0 aliphatic heterocycles. The number of hydrogen-bond donors (Lipinski definition) is 1. The smallest absolute Gasteiger partial charge is 0.0525 e. The van der Waals surface area contributed by atoms with Gasteiger partial charge in [-0.25, -0.2) is 0 Å². The Morgan fingerprint density at radius 2 is 1.83 bits per heavy atom. The summed E-state index contributed by atoms with van der Waals surface area (Å²) < 4.78 is 0. The summed E-state index contributed by atoms with van der Waals surface area (Å²) in [6.45, 7) is 4.46. The topological polar surface area (TPSA) is 20.2 Å². The van der Waals surface area contributed by atoms with Crippen molar-refractivity contribution < 1.29 is 5.11 Å². The average molecular weight is 182 g/mol. The number of aryl methyl sites for hydroxylation is 2. The van der Waals surface area contributed by atoms with E-state index in [0.29, 0.717) is 0 Å². The summed E-state index contributed by atoms with van der Waals surface area (Å²) in [5, 5.41) is 8.69. The first-order chi connectivity index (χ1) is 5.75. The predicted molar refractivity (Wildman–Crippen MR) is 53.7 cm³/mol. The molecule has 0 saturated carbocycles. The van der Waals surface area contributed by atoms with E-state index in [2.05, 4.69) is 32.0 Å². The Hall–Kier alpha value is -0.470. The molecule has 1 aromatic rings. The fourth-order valence-electron chi connectivity index (χ4n) is 1.17. The molecule has 66 valence electrons. The second-order valence-corrected chi connectivity index (χ2v) is 3.90. The molecule has 1 rings (SSSR count). The van der Waals surface area contributed by atoms with Crippen molar-refractivity contribution in [2.75, 3.05) is 12.4 Å². The second-order valence-electron chi connectivity index (χ2n) is 2.79. The lowest BCUT2D eigenvalue weighted by molar-refractivity contribution is 0.322. The fraction of sp³-hybridized carbons (Fsp3) is 0.400. The van der Waals surface area contributed by atoms with Gasteiger partial charge in [0.05, 0.1) is 6.61 Å². The molecule has 0 unspecified atom stereocenters. The van der Waals surface area contributed by atoms with Crippen LogP contribution in [0.4, 0.5) is 0 Å². The SMILES string of the molecule is Cc1cccc(C)c1SCCO. The molecule has 0 spiro atoms. The van der Waals surface area contributed by atoms with E-state index in [1.165, 1.54) is 16.0 Å². The van der Waals surface area contributed by atoms with Gasteiger partial charge in [0, 0.05) is 10.6 Å². The van der Waals surface area contributed by atoms with Crippen molar-refractivity contribution in [1.29, 1.82) is 0 Å². The number of thioether (sulfide) groups is 1. The third-order valence-electron chi connectivity index (χ3n) is 1.75. The first-order valence-electron chi connectivity index (χ1n) is 4.05. The summed E-state index contributed by atoms with van der Waals surface area (Å²) in [5.41, 5.74) is 2.60. The molecule has 2 heteroatoms. The van der Waals surface area contributed by atoms with E-state index in [1.54, 1.807) is 11.8 Å². The molecule has 1 N–H and O–H groups in total. The van der Waals surface area contributed by atoms with Gasteiger partial charge in [0.1, 0.15) is 0 Å². The highest BCUT2D eigenvalue weighted by molar-refractivity contribution is 7.99. The summed E-state index contributed by atoms with van der Waals surface area (Å²) in [7, 11) is 0. The Morgan fingerprint density at radius 3 is 2.33 bits per heavy atom. The number of aliphatic hydroxyl groups excluding tert-OH is 1. The summed E-state index contributed by atoms with van der Waals surface area (Å²) in [6.07, 6.45) is 0. The zero-order valence-corrected chi connectivity index (χ0v) is 8.32. The Bertz CT molecular complexity index is 238. The first kappa shape index (κ1) is 9.62. The van der Waals surface area contributed by atoms with Crippen molar-refractivity contribution in [1.82, 2.24) is 0 Å². The van der Waals surface area contributed by atoms with Crippen molar-refractivity contribution in [3.63, 3.8) is 0 Å². The Kier molecular flexibility index (Phi) is 3.63. The molecule has 0 fully saturated rings. The van der Waals surface area contributed by atoms with E-state index < -0.39 is 0 Å². The molecule has 0 radical (unpaired) electrons. The van der Waals surface area contributed by atoms with Crippen LogP contribution in [0, 0.1) is 13.8 Å². The summed E-state index contributed by atoms with van der Waals surface area (Å²) in [4.78, 5) is 1.31. The quantitative estimate of drug-likeness (QED) is 0.724. The van der Waals surface area contributed by atoms with Gasteiger partial charge in [-0.1, -0.05) is 18.2 Å². The van der Waals surface area contributed by atoms with Crippen molar-refractivity contribution in [2.24, 2.45) is 0 Å². The highest BCUT2D eigenvalue weighted by Gasteiger charge is 2.00. The van der Waals surface area contributed by atoms with Gasteiger partial charge in [-0.3, -0.25) is 0 Å². The van der Waals surface area contributed by atoms with Crippen LogP contribution in [0.2, 0.25) is 0 Å². The molecular weight excluding hydrogens is 168 g/mol. The third kappa shape index (κ3) is 2.26. The first-order valence-corrected chi connectivity index (χ1v) is 5.04. The summed E-state index contributed by atoms with van der Waals surface area (Å²) in [6, 6.07) is 6.27. The molecule has 0 aliphatic carbocycles. The van der Waals surface area contributed by atoms with Gasteiger partial charge in [0.2, 0.25) is 0 Å². The van der Waals surface area contributed by atoms with Gasteiger partial charge in [-0.05, 0) is 25.0 Å². The lowest BCUT2D eigenvalue weighted by atomic mass is 10.2. The van der Waals surface area contributed by atoms with Crippen LogP contribution in [0.1, 0.15) is 11.1 Å². The zero-order valence-electron chi connectivity index (χ0n) is 7.50. The number of benzene rings is 1. The zero-order chi connectivity index (χ0) is 8.97. The molecule has 1 aromatic carbocycles. The van der Waals surface area contributed by atoms with Crippen LogP contribution in [0.3, 0.4) is 0 Å². The maximum atomic E-state index is 8.69. The Balaban J connectivity index is 2.81. The van der Waals surface area contributed by atoms with E-state index in [1.807, 2.05) is 0 Å². The van der Waals surface area contributed by atoms with Crippen molar-refractivity contribution in [3.05, 3.63) is 29.3 Å². The maximum absolute atomic E-state index is 8.69. The standard InChI is InChI=1S/C10H14OS/c1-8-4-3-5-9(2)10(8)12-7-6-11/h3-5,11H,6-7H2,1-2H3. The minimum atomic E-state index is 0.248. The van der Waals surface area contributed by atoms with Gasteiger partial charge in [0.15, 0.2) is 0 Å². The summed E-state index contributed by atoms with van der Waals surface area (Å²) in [5.74, 6) is 0.783. The van der Waals surface area contributed by atoms with Crippen LogP contribution in [-0.4, -0.2) is 17.5 Å². The Labute approximate surface area is 77.8 Å². The third-order valence-corrected chi connectivity index (χ3v) is 3.07. The Morgan fingerprint density at radius 1 is 1.25 bits per heavy atom. The van der Waals surface area contributed by atoms with Gasteiger partial charge >= 0.3 is 0 Å². The fourth-order valence-corrected chi connectivity index (χ4v) is 2.06. The van der Waals surface area contributed by atoms with E-state index in [-0.39, 0.29) is 6.61 Å². The van der Waals surface area contributed by atoms with E-state index in [9.17, 15) is 0 Å². The highest BCUT2D eigenvalue weighted by atomic mass is 32.2. The second kappa shape index (κ2) is 4.53. The molecule has 0 aliphatic rings. The van der Waals surface area contributed by atoms with E-state index in [0.717, 1.165) is 5.75 Å². The van der Waals surface area contributed by atoms with Gasteiger partial charge in [0.25, 0.3) is 0 Å². The lowest BCUT2D eigenvalue weighted by Crippen LogP contribution is -1.89. The molecule has 0 bridgehead atoms. The van der Waals surface area contributed by atoms with Crippen LogP contribution in [0.25, 0.3) is 0 Å². The van der Waals surface area contributed by atoms with Crippen LogP contribution < -0.4 is 0 Å². The molecule has 0 amide bonds. The average Bonchev–Trinajstić information content (AvgIpc) is 2.04. The molecule has 0 atom stereocenters. The van der Waals surface area contributed by atoms with Crippen molar-refractivity contribution >= 4 is 11.8 Å². The van der Waals surface area contributed by atoms with Gasteiger partial charge < -0.3 is 5.11 Å². The normalized spacial score (nSPS) is 10.2.